The Bertz CT molecular complexity index is 683. The molecule has 0 saturated carbocycles. The van der Waals surface area contributed by atoms with Crippen LogP contribution in [0.5, 0.6) is 0 Å². The molecule has 0 spiro atoms. The number of aryl methyl sites for hydroxylation is 3. The zero-order valence-corrected chi connectivity index (χ0v) is 12.7. The van der Waals surface area contributed by atoms with Gasteiger partial charge in [0.1, 0.15) is 0 Å². The van der Waals surface area contributed by atoms with E-state index in [4.69, 9.17) is 0 Å². The fraction of sp³-hybridized carbons (Fsp3) is 0.278. The number of amides is 1. The number of hydrogen-bond acceptors (Lipinski definition) is 1. The second-order valence-electron chi connectivity index (χ2n) is 5.46. The third kappa shape index (κ3) is 4.38. The second-order valence-corrected chi connectivity index (χ2v) is 5.46. The van der Waals surface area contributed by atoms with Gasteiger partial charge in [0.15, 0.2) is 11.6 Å². The van der Waals surface area contributed by atoms with Crippen molar-refractivity contribution in [3.05, 3.63) is 70.3 Å². The summed E-state index contributed by atoms with van der Waals surface area (Å²) in [6.07, 6.45) is 0.631. The summed E-state index contributed by atoms with van der Waals surface area (Å²) < 4.78 is 25.9. The van der Waals surface area contributed by atoms with Crippen LogP contribution in [0.4, 0.5) is 8.78 Å². The first-order valence-corrected chi connectivity index (χ1v) is 7.22. The fourth-order valence-corrected chi connectivity index (χ4v) is 2.28. The Kier molecular flexibility index (Phi) is 5.26. The molecule has 2 rings (SSSR count). The highest BCUT2D eigenvalue weighted by Crippen LogP contribution is 2.12. The van der Waals surface area contributed by atoms with Gasteiger partial charge >= 0.3 is 0 Å². The maximum absolute atomic E-state index is 13.1. The van der Waals surface area contributed by atoms with E-state index >= 15 is 0 Å². The van der Waals surface area contributed by atoms with Crippen molar-refractivity contribution in [2.45, 2.75) is 33.2 Å². The molecule has 0 fully saturated rings. The van der Waals surface area contributed by atoms with Gasteiger partial charge in [-0.3, -0.25) is 4.79 Å². The summed E-state index contributed by atoms with van der Waals surface area (Å²) in [6, 6.07) is 9.79. The van der Waals surface area contributed by atoms with E-state index in [1.54, 1.807) is 0 Å². The van der Waals surface area contributed by atoms with Crippen LogP contribution >= 0.6 is 0 Å². The molecular formula is C18H19F2NO. The number of rotatable bonds is 5. The molecule has 1 N–H and O–H groups in total. The topological polar surface area (TPSA) is 29.1 Å². The molecule has 0 aromatic heterocycles. The summed E-state index contributed by atoms with van der Waals surface area (Å²) in [5.74, 6) is -1.86. The Hall–Kier alpha value is -2.23. The van der Waals surface area contributed by atoms with Crippen LogP contribution in [0, 0.1) is 25.5 Å². The van der Waals surface area contributed by atoms with Gasteiger partial charge in [-0.1, -0.05) is 29.8 Å². The number of hydrogen-bond donors (Lipinski definition) is 1. The van der Waals surface area contributed by atoms with Crippen molar-refractivity contribution in [2.75, 3.05) is 0 Å². The van der Waals surface area contributed by atoms with E-state index in [0.717, 1.165) is 23.3 Å². The summed E-state index contributed by atoms with van der Waals surface area (Å²) >= 11 is 0. The number of carbonyl (C=O) groups is 1. The molecule has 0 aliphatic heterocycles. The maximum Gasteiger partial charge on any atom is 0.220 e. The predicted molar refractivity (Wildman–Crippen MR) is 82.4 cm³/mol. The van der Waals surface area contributed by atoms with Crippen molar-refractivity contribution in [2.24, 2.45) is 0 Å². The van der Waals surface area contributed by atoms with Gasteiger partial charge in [-0.05, 0) is 49.1 Å². The number of carbonyl (C=O) groups excluding carboxylic acids is 1. The van der Waals surface area contributed by atoms with Gasteiger partial charge in [0.25, 0.3) is 0 Å². The minimum atomic E-state index is -0.881. The third-order valence-electron chi connectivity index (χ3n) is 3.60. The van der Waals surface area contributed by atoms with Gasteiger partial charge in [-0.15, -0.1) is 0 Å². The minimum Gasteiger partial charge on any atom is -0.352 e. The first-order chi connectivity index (χ1) is 10.5. The van der Waals surface area contributed by atoms with Gasteiger partial charge in [-0.25, -0.2) is 8.78 Å². The van der Waals surface area contributed by atoms with Crippen molar-refractivity contribution < 1.29 is 13.6 Å². The average molecular weight is 303 g/mol. The first kappa shape index (κ1) is 16.1. The van der Waals surface area contributed by atoms with Gasteiger partial charge < -0.3 is 5.32 Å². The lowest BCUT2D eigenvalue weighted by Gasteiger charge is -2.09. The van der Waals surface area contributed by atoms with Gasteiger partial charge in [0.2, 0.25) is 5.91 Å². The Labute approximate surface area is 129 Å². The molecule has 4 heteroatoms. The number of benzene rings is 2. The van der Waals surface area contributed by atoms with Crippen molar-refractivity contribution >= 4 is 5.91 Å². The molecule has 2 aromatic rings. The standard InChI is InChI=1S/C18H19F2NO/c1-12-3-6-15(13(2)9-12)11-21-18(22)8-5-14-4-7-16(19)17(20)10-14/h3-4,6-7,9-10H,5,8,11H2,1-2H3,(H,21,22). The molecule has 0 atom stereocenters. The van der Waals surface area contributed by atoms with Crippen LogP contribution in [0.3, 0.4) is 0 Å². The number of halogens is 2. The highest BCUT2D eigenvalue weighted by atomic mass is 19.2. The molecule has 0 aliphatic carbocycles. The summed E-state index contributed by atoms with van der Waals surface area (Å²) in [7, 11) is 0. The molecule has 0 radical (unpaired) electrons. The molecule has 0 saturated heterocycles. The number of nitrogens with one attached hydrogen (secondary N) is 1. The van der Waals surface area contributed by atoms with Crippen LogP contribution in [-0.4, -0.2) is 5.91 Å². The molecule has 2 nitrogen and oxygen atoms in total. The Morgan fingerprint density at radius 3 is 2.50 bits per heavy atom. The van der Waals surface area contributed by atoms with E-state index < -0.39 is 11.6 Å². The zero-order valence-electron chi connectivity index (χ0n) is 12.7. The van der Waals surface area contributed by atoms with E-state index in [1.165, 1.54) is 11.6 Å². The molecule has 0 bridgehead atoms. The van der Waals surface area contributed by atoms with Crippen LogP contribution in [0.15, 0.2) is 36.4 Å². The second kappa shape index (κ2) is 7.16. The summed E-state index contributed by atoms with van der Waals surface area (Å²) in [6.45, 7) is 4.51. The summed E-state index contributed by atoms with van der Waals surface area (Å²) in [4.78, 5) is 11.8. The highest BCUT2D eigenvalue weighted by molar-refractivity contribution is 5.76. The van der Waals surface area contributed by atoms with Crippen LogP contribution in [0.1, 0.15) is 28.7 Å². The Morgan fingerprint density at radius 1 is 1.05 bits per heavy atom. The minimum absolute atomic E-state index is 0.107. The van der Waals surface area contributed by atoms with Gasteiger partial charge in [0, 0.05) is 13.0 Å². The molecule has 0 heterocycles. The lowest BCUT2D eigenvalue weighted by atomic mass is 10.1. The Morgan fingerprint density at radius 2 is 1.82 bits per heavy atom. The molecule has 2 aromatic carbocycles. The van der Waals surface area contributed by atoms with E-state index in [2.05, 4.69) is 11.4 Å². The lowest BCUT2D eigenvalue weighted by molar-refractivity contribution is -0.121. The van der Waals surface area contributed by atoms with E-state index in [1.807, 2.05) is 26.0 Å². The quantitative estimate of drug-likeness (QED) is 0.893. The average Bonchev–Trinajstić information content (AvgIpc) is 2.47. The Balaban J connectivity index is 1.84. The zero-order chi connectivity index (χ0) is 16.1. The van der Waals surface area contributed by atoms with Crippen molar-refractivity contribution in [1.82, 2.24) is 5.32 Å². The van der Waals surface area contributed by atoms with Crippen LogP contribution in [0.2, 0.25) is 0 Å². The molecule has 116 valence electrons. The smallest absolute Gasteiger partial charge is 0.220 e. The van der Waals surface area contributed by atoms with Crippen molar-refractivity contribution in [3.63, 3.8) is 0 Å². The molecule has 1 amide bonds. The molecule has 22 heavy (non-hydrogen) atoms. The lowest BCUT2D eigenvalue weighted by Crippen LogP contribution is -2.23. The van der Waals surface area contributed by atoms with Crippen LogP contribution in [0.25, 0.3) is 0 Å². The maximum atomic E-state index is 13.1. The third-order valence-corrected chi connectivity index (χ3v) is 3.60. The summed E-state index contributed by atoms with van der Waals surface area (Å²) in [5.41, 5.74) is 4.01. The van der Waals surface area contributed by atoms with E-state index in [-0.39, 0.29) is 12.3 Å². The monoisotopic (exact) mass is 303 g/mol. The SMILES string of the molecule is Cc1ccc(CNC(=O)CCc2ccc(F)c(F)c2)c(C)c1. The van der Waals surface area contributed by atoms with Gasteiger partial charge in [0.05, 0.1) is 0 Å². The van der Waals surface area contributed by atoms with E-state index in [9.17, 15) is 13.6 Å². The van der Waals surface area contributed by atoms with Crippen molar-refractivity contribution in [3.8, 4) is 0 Å². The molecule has 0 aliphatic rings. The summed E-state index contributed by atoms with van der Waals surface area (Å²) in [5, 5.41) is 2.85. The predicted octanol–water partition coefficient (Wildman–Crippen LogP) is 3.83. The fourth-order valence-electron chi connectivity index (χ4n) is 2.28. The molecule has 0 unspecified atom stereocenters. The first-order valence-electron chi connectivity index (χ1n) is 7.22. The van der Waals surface area contributed by atoms with Crippen molar-refractivity contribution in [1.29, 1.82) is 0 Å². The normalized spacial score (nSPS) is 10.5. The van der Waals surface area contributed by atoms with Crippen LogP contribution < -0.4 is 5.32 Å². The molecular weight excluding hydrogens is 284 g/mol. The largest absolute Gasteiger partial charge is 0.352 e. The van der Waals surface area contributed by atoms with E-state index in [0.29, 0.717) is 18.5 Å². The van der Waals surface area contributed by atoms with Gasteiger partial charge in [-0.2, -0.15) is 0 Å². The van der Waals surface area contributed by atoms with Crippen LogP contribution in [-0.2, 0) is 17.8 Å². The highest BCUT2D eigenvalue weighted by Gasteiger charge is 2.06.